The van der Waals surface area contributed by atoms with Crippen LogP contribution in [-0.4, -0.2) is 44.8 Å². The summed E-state index contributed by atoms with van der Waals surface area (Å²) >= 11 is 2.29. The number of carbonyl (C=O) groups excluding carboxylic acids is 3. The normalized spacial score (nSPS) is 22.3. The van der Waals surface area contributed by atoms with Gasteiger partial charge in [0.2, 0.25) is 5.91 Å². The maximum Gasteiger partial charge on any atom is 0.261 e. The quantitative estimate of drug-likeness (QED) is 0.805. The van der Waals surface area contributed by atoms with Gasteiger partial charge in [0.15, 0.2) is 10.3 Å². The van der Waals surface area contributed by atoms with Gasteiger partial charge in [0.05, 0.1) is 17.4 Å². The number of nitrogens with zero attached hydrogens (tertiary/aromatic N) is 3. The van der Waals surface area contributed by atoms with Gasteiger partial charge in [-0.1, -0.05) is 23.5 Å². The monoisotopic (exact) mass is 312 g/mol. The van der Waals surface area contributed by atoms with E-state index in [2.05, 4.69) is 20.3 Å². The van der Waals surface area contributed by atoms with Gasteiger partial charge in [0.1, 0.15) is 0 Å². The number of amidine groups is 2. The molecule has 106 valence electrons. The molecule has 0 spiro atoms. The lowest BCUT2D eigenvalue weighted by atomic mass is 10.3. The van der Waals surface area contributed by atoms with Crippen LogP contribution in [0.3, 0.4) is 0 Å². The van der Waals surface area contributed by atoms with Crippen LogP contribution in [0.25, 0.3) is 0 Å². The van der Waals surface area contributed by atoms with Crippen LogP contribution in [0.1, 0.15) is 20.3 Å². The molecule has 0 saturated heterocycles. The predicted octanol–water partition coefficient (Wildman–Crippen LogP) is 0.601. The summed E-state index contributed by atoms with van der Waals surface area (Å²) in [4.78, 5) is 45.7. The minimum atomic E-state index is -0.309. The average Bonchev–Trinajstić information content (AvgIpc) is 2.64. The second kappa shape index (κ2) is 6.31. The molecule has 20 heavy (non-hydrogen) atoms. The first-order valence-electron chi connectivity index (χ1n) is 5.81. The van der Waals surface area contributed by atoms with Crippen LogP contribution in [0.4, 0.5) is 0 Å². The van der Waals surface area contributed by atoms with Gasteiger partial charge in [-0.05, 0) is 13.8 Å². The molecule has 1 N–H and O–H groups in total. The van der Waals surface area contributed by atoms with Crippen LogP contribution in [-0.2, 0) is 14.4 Å². The van der Waals surface area contributed by atoms with E-state index in [4.69, 9.17) is 0 Å². The summed E-state index contributed by atoms with van der Waals surface area (Å²) in [6.45, 7) is 3.47. The fraction of sp³-hybridized carbons (Fsp3) is 0.455. The number of hydrogen-bond donors (Lipinski definition) is 1. The maximum absolute atomic E-state index is 11.7. The summed E-state index contributed by atoms with van der Waals surface area (Å²) in [5, 5.41) is 2.89. The Labute approximate surface area is 123 Å². The molecule has 2 aliphatic heterocycles. The number of amides is 3. The van der Waals surface area contributed by atoms with Gasteiger partial charge in [0, 0.05) is 5.71 Å². The Morgan fingerprint density at radius 1 is 1.40 bits per heavy atom. The van der Waals surface area contributed by atoms with Gasteiger partial charge < -0.3 is 5.32 Å². The zero-order chi connectivity index (χ0) is 14.7. The molecule has 7 nitrogen and oxygen atoms in total. The highest BCUT2D eigenvalue weighted by Crippen LogP contribution is 2.20. The molecule has 0 radical (unpaired) electrons. The van der Waals surface area contributed by atoms with Crippen LogP contribution in [0.5, 0.6) is 0 Å². The van der Waals surface area contributed by atoms with E-state index in [0.717, 1.165) is 11.8 Å². The molecule has 0 aromatic carbocycles. The lowest BCUT2D eigenvalue weighted by Crippen LogP contribution is -2.29. The maximum atomic E-state index is 11.7. The summed E-state index contributed by atoms with van der Waals surface area (Å²) in [5.41, 5.74) is 0.683. The third kappa shape index (κ3) is 4.01. The lowest BCUT2D eigenvalue weighted by molar-refractivity contribution is -0.118. The molecule has 0 aromatic heterocycles. The van der Waals surface area contributed by atoms with E-state index in [1.165, 1.54) is 11.8 Å². The SMILES string of the molecule is CC1=NC(SCC(=O)NC2=NC(=O)C(C)S2)=NC(=O)C1. The van der Waals surface area contributed by atoms with Crippen molar-refractivity contribution in [3.05, 3.63) is 0 Å². The largest absolute Gasteiger partial charge is 0.304 e. The van der Waals surface area contributed by atoms with Crippen LogP contribution < -0.4 is 5.32 Å². The Bertz CT molecular complexity index is 568. The topological polar surface area (TPSA) is 100 Å². The highest BCUT2D eigenvalue weighted by molar-refractivity contribution is 8.15. The van der Waals surface area contributed by atoms with Crippen molar-refractivity contribution >= 4 is 57.3 Å². The van der Waals surface area contributed by atoms with E-state index in [0.29, 0.717) is 16.0 Å². The molecule has 1 unspecified atom stereocenters. The van der Waals surface area contributed by atoms with Crippen LogP contribution >= 0.6 is 23.5 Å². The highest BCUT2D eigenvalue weighted by atomic mass is 32.2. The molecular formula is C11H12N4O3S2. The molecule has 0 aliphatic carbocycles. The van der Waals surface area contributed by atoms with E-state index in [-0.39, 0.29) is 35.1 Å². The number of carbonyl (C=O) groups is 3. The van der Waals surface area contributed by atoms with Gasteiger partial charge in [-0.25, -0.2) is 4.99 Å². The van der Waals surface area contributed by atoms with Gasteiger partial charge in [0.25, 0.3) is 11.8 Å². The number of hydrogen-bond acceptors (Lipinski definition) is 6. The van der Waals surface area contributed by atoms with Crippen molar-refractivity contribution in [2.75, 3.05) is 5.75 Å². The fourth-order valence-electron chi connectivity index (χ4n) is 1.44. The number of aliphatic imine (C=N–C) groups is 3. The molecule has 1 atom stereocenters. The second-order valence-corrected chi connectivity index (χ2v) is 6.44. The van der Waals surface area contributed by atoms with Gasteiger partial charge >= 0.3 is 0 Å². The van der Waals surface area contributed by atoms with Crippen LogP contribution in [0.2, 0.25) is 0 Å². The van der Waals surface area contributed by atoms with Gasteiger partial charge in [-0.15, -0.1) is 0 Å². The van der Waals surface area contributed by atoms with E-state index < -0.39 is 0 Å². The van der Waals surface area contributed by atoms with Gasteiger partial charge in [-0.2, -0.15) is 9.98 Å². The molecule has 3 amide bonds. The molecule has 0 bridgehead atoms. The zero-order valence-electron chi connectivity index (χ0n) is 10.9. The third-order valence-electron chi connectivity index (χ3n) is 2.34. The summed E-state index contributed by atoms with van der Waals surface area (Å²) in [6.07, 6.45) is 0.226. The smallest absolute Gasteiger partial charge is 0.261 e. The third-order valence-corrected chi connectivity index (χ3v) is 4.16. The molecule has 0 aromatic rings. The predicted molar refractivity (Wildman–Crippen MR) is 80.3 cm³/mol. The molecule has 2 heterocycles. The fourth-order valence-corrected chi connectivity index (χ4v) is 2.96. The van der Waals surface area contributed by atoms with Crippen molar-refractivity contribution in [3.8, 4) is 0 Å². The second-order valence-electron chi connectivity index (χ2n) is 4.16. The standard InChI is InChI=1S/C11H12N4O3S2/c1-5-3-7(16)13-10(12-5)19-4-8(17)14-11-15-9(18)6(2)20-11/h6H,3-4H2,1-2H3,(H,14,15,17,18). The average molecular weight is 312 g/mol. The number of thioether (sulfide) groups is 2. The van der Waals surface area contributed by atoms with Crippen molar-refractivity contribution in [1.82, 2.24) is 5.32 Å². The molecular weight excluding hydrogens is 300 g/mol. The summed E-state index contributed by atoms with van der Waals surface area (Å²) in [7, 11) is 0. The Morgan fingerprint density at radius 2 is 2.15 bits per heavy atom. The molecule has 0 fully saturated rings. The van der Waals surface area contributed by atoms with E-state index in [1.807, 2.05) is 0 Å². The Morgan fingerprint density at radius 3 is 2.75 bits per heavy atom. The highest BCUT2D eigenvalue weighted by Gasteiger charge is 2.25. The zero-order valence-corrected chi connectivity index (χ0v) is 12.5. The first-order valence-corrected chi connectivity index (χ1v) is 7.68. The molecule has 2 rings (SSSR count). The minimum absolute atomic E-state index is 0.0606. The minimum Gasteiger partial charge on any atom is -0.304 e. The van der Waals surface area contributed by atoms with E-state index in [9.17, 15) is 14.4 Å². The van der Waals surface area contributed by atoms with Crippen molar-refractivity contribution in [2.24, 2.45) is 15.0 Å². The molecule has 2 aliphatic rings. The van der Waals surface area contributed by atoms with Crippen LogP contribution in [0.15, 0.2) is 15.0 Å². The van der Waals surface area contributed by atoms with Crippen molar-refractivity contribution in [2.45, 2.75) is 25.5 Å². The first kappa shape index (κ1) is 14.9. The Kier molecular flexibility index (Phi) is 4.71. The van der Waals surface area contributed by atoms with Crippen molar-refractivity contribution in [1.29, 1.82) is 0 Å². The first-order chi connectivity index (χ1) is 9.44. The summed E-state index contributed by atoms with van der Waals surface area (Å²) < 4.78 is 0. The van der Waals surface area contributed by atoms with Gasteiger partial charge in [-0.3, -0.25) is 14.4 Å². The Balaban J connectivity index is 1.83. The lowest BCUT2D eigenvalue weighted by Gasteiger charge is -2.07. The van der Waals surface area contributed by atoms with Crippen molar-refractivity contribution in [3.63, 3.8) is 0 Å². The van der Waals surface area contributed by atoms with Crippen molar-refractivity contribution < 1.29 is 14.4 Å². The number of rotatable bonds is 2. The van der Waals surface area contributed by atoms with E-state index in [1.54, 1.807) is 13.8 Å². The summed E-state index contributed by atoms with van der Waals surface area (Å²) in [6, 6.07) is 0. The Hall–Kier alpha value is -1.48. The summed E-state index contributed by atoms with van der Waals surface area (Å²) in [5.74, 6) is -0.752. The number of nitrogens with one attached hydrogen (secondary N) is 1. The van der Waals surface area contributed by atoms with Crippen LogP contribution in [0, 0.1) is 0 Å². The van der Waals surface area contributed by atoms with E-state index >= 15 is 0 Å². The molecule has 9 heteroatoms. The molecule has 0 saturated carbocycles.